The molecule has 102 valence electrons. The molecule has 0 saturated heterocycles. The third-order valence-electron chi connectivity index (χ3n) is 3.41. The molecule has 0 N–H and O–H groups in total. The molecule has 0 saturated carbocycles. The summed E-state index contributed by atoms with van der Waals surface area (Å²) in [5, 5.41) is 0.472. The number of hydrogen-bond acceptors (Lipinski definition) is 3. The van der Waals surface area contributed by atoms with E-state index in [9.17, 15) is 4.79 Å². The number of hydrogen-bond donors (Lipinski definition) is 0. The van der Waals surface area contributed by atoms with E-state index in [0.717, 1.165) is 17.7 Å². The SMILES string of the molecule is CC(=O)c1ccc(OCC2Cc3ccccc3S2)cc1. The van der Waals surface area contributed by atoms with Gasteiger partial charge in [0.05, 0.1) is 0 Å². The molecule has 1 aliphatic rings. The molecule has 1 heterocycles. The average Bonchev–Trinajstić information content (AvgIpc) is 2.88. The second-order valence-electron chi connectivity index (χ2n) is 4.94. The smallest absolute Gasteiger partial charge is 0.159 e. The largest absolute Gasteiger partial charge is 0.492 e. The summed E-state index contributed by atoms with van der Waals surface area (Å²) in [6, 6.07) is 15.9. The van der Waals surface area contributed by atoms with E-state index < -0.39 is 0 Å². The highest BCUT2D eigenvalue weighted by Crippen LogP contribution is 2.36. The number of rotatable bonds is 4. The number of Topliss-reactive ketones (excluding diaryl/α,β-unsaturated/α-hetero) is 1. The van der Waals surface area contributed by atoms with Crippen LogP contribution in [0.3, 0.4) is 0 Å². The number of thioether (sulfide) groups is 1. The van der Waals surface area contributed by atoms with Gasteiger partial charge in [-0.1, -0.05) is 18.2 Å². The van der Waals surface area contributed by atoms with Crippen molar-refractivity contribution in [2.45, 2.75) is 23.5 Å². The standard InChI is InChI=1S/C17H16O2S/c1-12(18)13-6-8-15(9-7-13)19-11-16-10-14-4-2-3-5-17(14)20-16/h2-9,16H,10-11H2,1H3. The van der Waals surface area contributed by atoms with Crippen LogP contribution in [-0.4, -0.2) is 17.6 Å². The third kappa shape index (κ3) is 2.88. The lowest BCUT2D eigenvalue weighted by molar-refractivity contribution is 0.101. The normalized spacial score (nSPS) is 16.8. The molecule has 0 bridgehead atoms. The Morgan fingerprint density at radius 2 is 1.95 bits per heavy atom. The number of benzene rings is 2. The van der Waals surface area contributed by atoms with Gasteiger partial charge in [0.2, 0.25) is 0 Å². The lowest BCUT2D eigenvalue weighted by Gasteiger charge is -2.11. The van der Waals surface area contributed by atoms with Crippen LogP contribution in [0.25, 0.3) is 0 Å². The Hall–Kier alpha value is -1.74. The fourth-order valence-corrected chi connectivity index (χ4v) is 3.54. The van der Waals surface area contributed by atoms with Gasteiger partial charge in [0.1, 0.15) is 12.4 Å². The zero-order valence-electron chi connectivity index (χ0n) is 11.3. The third-order valence-corrected chi connectivity index (χ3v) is 4.70. The molecule has 0 aliphatic carbocycles. The maximum Gasteiger partial charge on any atom is 0.159 e. The molecule has 0 amide bonds. The molecule has 0 radical (unpaired) electrons. The monoisotopic (exact) mass is 284 g/mol. The Balaban J connectivity index is 1.57. The van der Waals surface area contributed by atoms with Crippen molar-refractivity contribution >= 4 is 17.5 Å². The minimum absolute atomic E-state index is 0.0818. The maximum absolute atomic E-state index is 11.2. The van der Waals surface area contributed by atoms with Crippen LogP contribution in [0.5, 0.6) is 5.75 Å². The molecule has 2 aromatic carbocycles. The molecule has 1 unspecified atom stereocenters. The van der Waals surface area contributed by atoms with Crippen molar-refractivity contribution in [1.29, 1.82) is 0 Å². The van der Waals surface area contributed by atoms with E-state index >= 15 is 0 Å². The van der Waals surface area contributed by atoms with Gasteiger partial charge < -0.3 is 4.74 Å². The van der Waals surface area contributed by atoms with Gasteiger partial charge in [0, 0.05) is 15.7 Å². The quantitative estimate of drug-likeness (QED) is 0.794. The van der Waals surface area contributed by atoms with Crippen molar-refractivity contribution in [3.63, 3.8) is 0 Å². The van der Waals surface area contributed by atoms with E-state index in [-0.39, 0.29) is 5.78 Å². The summed E-state index contributed by atoms with van der Waals surface area (Å²) in [5.41, 5.74) is 2.14. The van der Waals surface area contributed by atoms with Gasteiger partial charge in [-0.25, -0.2) is 0 Å². The molecule has 20 heavy (non-hydrogen) atoms. The van der Waals surface area contributed by atoms with Crippen molar-refractivity contribution in [1.82, 2.24) is 0 Å². The molecule has 3 heteroatoms. The Morgan fingerprint density at radius 1 is 1.20 bits per heavy atom. The average molecular weight is 284 g/mol. The zero-order valence-corrected chi connectivity index (χ0v) is 12.2. The van der Waals surface area contributed by atoms with Gasteiger partial charge in [-0.15, -0.1) is 11.8 Å². The fourth-order valence-electron chi connectivity index (χ4n) is 2.32. The fraction of sp³-hybridized carbons (Fsp3) is 0.235. The molecule has 1 atom stereocenters. The predicted octanol–water partition coefficient (Wildman–Crippen LogP) is 3.99. The molecule has 0 aromatic heterocycles. The highest BCUT2D eigenvalue weighted by molar-refractivity contribution is 8.00. The van der Waals surface area contributed by atoms with Crippen molar-refractivity contribution in [3.8, 4) is 5.75 Å². The van der Waals surface area contributed by atoms with Gasteiger partial charge in [-0.2, -0.15) is 0 Å². The van der Waals surface area contributed by atoms with E-state index in [1.54, 1.807) is 6.92 Å². The predicted molar refractivity (Wildman–Crippen MR) is 81.7 cm³/mol. The Morgan fingerprint density at radius 3 is 2.65 bits per heavy atom. The molecule has 3 rings (SSSR count). The molecular formula is C17H16O2S. The molecular weight excluding hydrogens is 268 g/mol. The van der Waals surface area contributed by atoms with Crippen molar-refractivity contribution < 1.29 is 9.53 Å². The van der Waals surface area contributed by atoms with Crippen LogP contribution >= 0.6 is 11.8 Å². The van der Waals surface area contributed by atoms with E-state index in [2.05, 4.69) is 24.3 Å². The van der Waals surface area contributed by atoms with Gasteiger partial charge in [-0.05, 0) is 49.2 Å². The molecule has 2 aromatic rings. The van der Waals surface area contributed by atoms with E-state index in [1.807, 2.05) is 36.0 Å². The second-order valence-corrected chi connectivity index (χ2v) is 6.29. The first-order valence-corrected chi connectivity index (χ1v) is 7.59. The Labute approximate surface area is 123 Å². The van der Waals surface area contributed by atoms with Gasteiger partial charge in [-0.3, -0.25) is 4.79 Å². The summed E-state index contributed by atoms with van der Waals surface area (Å²) >= 11 is 1.88. The van der Waals surface area contributed by atoms with Gasteiger partial charge >= 0.3 is 0 Å². The summed E-state index contributed by atoms with van der Waals surface area (Å²) in [5.74, 6) is 0.907. The number of fused-ring (bicyclic) bond motifs is 1. The minimum atomic E-state index is 0.0818. The van der Waals surface area contributed by atoms with Crippen LogP contribution in [0.4, 0.5) is 0 Å². The first-order chi connectivity index (χ1) is 9.72. The first-order valence-electron chi connectivity index (χ1n) is 6.71. The van der Waals surface area contributed by atoms with Crippen molar-refractivity contribution in [3.05, 3.63) is 59.7 Å². The number of ether oxygens (including phenoxy) is 1. The van der Waals surface area contributed by atoms with Gasteiger partial charge in [0.25, 0.3) is 0 Å². The molecule has 0 spiro atoms. The van der Waals surface area contributed by atoms with Crippen LogP contribution in [0, 0.1) is 0 Å². The van der Waals surface area contributed by atoms with E-state index in [4.69, 9.17) is 4.74 Å². The topological polar surface area (TPSA) is 26.3 Å². The van der Waals surface area contributed by atoms with Crippen LogP contribution in [0.15, 0.2) is 53.4 Å². The molecule has 0 fully saturated rings. The highest BCUT2D eigenvalue weighted by atomic mass is 32.2. The van der Waals surface area contributed by atoms with Crippen molar-refractivity contribution in [2.75, 3.05) is 6.61 Å². The van der Waals surface area contributed by atoms with Crippen LogP contribution < -0.4 is 4.74 Å². The summed E-state index contributed by atoms with van der Waals surface area (Å²) in [6.07, 6.45) is 1.06. The summed E-state index contributed by atoms with van der Waals surface area (Å²) in [7, 11) is 0. The number of carbonyl (C=O) groups is 1. The maximum atomic E-state index is 11.2. The van der Waals surface area contributed by atoms with Crippen LogP contribution in [0.1, 0.15) is 22.8 Å². The van der Waals surface area contributed by atoms with E-state index in [0.29, 0.717) is 11.9 Å². The second kappa shape index (κ2) is 5.71. The molecule has 1 aliphatic heterocycles. The summed E-state index contributed by atoms with van der Waals surface area (Å²) in [4.78, 5) is 12.6. The number of ketones is 1. The van der Waals surface area contributed by atoms with Crippen molar-refractivity contribution in [2.24, 2.45) is 0 Å². The Bertz CT molecular complexity index is 594. The van der Waals surface area contributed by atoms with E-state index in [1.165, 1.54) is 10.5 Å². The summed E-state index contributed by atoms with van der Waals surface area (Å²) < 4.78 is 5.82. The minimum Gasteiger partial charge on any atom is -0.492 e. The lowest BCUT2D eigenvalue weighted by Crippen LogP contribution is -2.13. The van der Waals surface area contributed by atoms with Gasteiger partial charge in [0.15, 0.2) is 5.78 Å². The number of carbonyl (C=O) groups excluding carboxylic acids is 1. The first kappa shape index (κ1) is 13.3. The molecule has 2 nitrogen and oxygen atoms in total. The highest BCUT2D eigenvalue weighted by Gasteiger charge is 2.22. The van der Waals surface area contributed by atoms with Crippen LogP contribution in [-0.2, 0) is 6.42 Å². The summed E-state index contributed by atoms with van der Waals surface area (Å²) in [6.45, 7) is 2.26. The Kier molecular flexibility index (Phi) is 3.79. The van der Waals surface area contributed by atoms with Crippen LogP contribution in [0.2, 0.25) is 0 Å². The lowest BCUT2D eigenvalue weighted by atomic mass is 10.1. The zero-order chi connectivity index (χ0) is 13.9.